The predicted molar refractivity (Wildman–Crippen MR) is 72.6 cm³/mol. The Labute approximate surface area is 116 Å². The van der Waals surface area contributed by atoms with E-state index in [4.69, 9.17) is 5.11 Å². The van der Waals surface area contributed by atoms with Crippen LogP contribution in [0, 0.1) is 11.8 Å². The quantitative estimate of drug-likeness (QED) is 0.704. The fourth-order valence-corrected chi connectivity index (χ4v) is 1.51. The first-order valence-corrected chi connectivity index (χ1v) is 6.10. The van der Waals surface area contributed by atoms with Gasteiger partial charge in [0.05, 0.1) is 18.4 Å². The number of aliphatic hydroxyl groups is 1. The van der Waals surface area contributed by atoms with Crippen LogP contribution < -0.4 is 5.32 Å². The third kappa shape index (κ3) is 3.93. The molecule has 0 aliphatic heterocycles. The average Bonchev–Trinajstić information content (AvgIpc) is 2.99. The van der Waals surface area contributed by atoms with Crippen LogP contribution in [0.4, 0.5) is 0 Å². The van der Waals surface area contributed by atoms with Crippen molar-refractivity contribution < 1.29 is 9.90 Å². The first-order chi connectivity index (χ1) is 9.79. The number of aromatic nitrogens is 3. The molecule has 2 heterocycles. The Morgan fingerprint density at radius 3 is 3.05 bits per heavy atom. The maximum atomic E-state index is 12.0. The zero-order chi connectivity index (χ0) is 14.2. The molecule has 3 N–H and O–H groups in total. The Morgan fingerprint density at radius 2 is 2.30 bits per heavy atom. The molecule has 0 saturated carbocycles. The van der Waals surface area contributed by atoms with Gasteiger partial charge in [-0.3, -0.25) is 14.9 Å². The van der Waals surface area contributed by atoms with Crippen molar-refractivity contribution in [2.75, 3.05) is 6.61 Å². The topological polar surface area (TPSA) is 90.9 Å². The van der Waals surface area contributed by atoms with Gasteiger partial charge in [-0.25, -0.2) is 0 Å². The van der Waals surface area contributed by atoms with E-state index in [1.54, 1.807) is 24.7 Å². The SMILES string of the molecule is O=C(NCc1cn[nH]c1)c1cncc(C#CCCO)c1. The van der Waals surface area contributed by atoms with Crippen LogP contribution in [-0.4, -0.2) is 32.8 Å². The summed E-state index contributed by atoms with van der Waals surface area (Å²) in [6.45, 7) is 0.418. The predicted octanol–water partition coefficient (Wildman–Crippen LogP) is 0.469. The van der Waals surface area contributed by atoms with Gasteiger partial charge >= 0.3 is 0 Å². The second-order valence-corrected chi connectivity index (χ2v) is 4.03. The molecule has 1 amide bonds. The number of nitrogens with zero attached hydrogens (tertiary/aromatic N) is 2. The Hall–Kier alpha value is -2.65. The number of H-pyrrole nitrogens is 1. The van der Waals surface area contributed by atoms with Crippen LogP contribution in [0.3, 0.4) is 0 Å². The standard InChI is InChI=1S/C14H14N4O2/c19-4-2-1-3-11-5-13(10-15-6-11)14(20)16-7-12-8-17-18-9-12/h5-6,8-10,19H,2,4,7H2,(H,16,20)(H,17,18). The lowest BCUT2D eigenvalue weighted by atomic mass is 10.2. The lowest BCUT2D eigenvalue weighted by molar-refractivity contribution is 0.0950. The fourth-order valence-electron chi connectivity index (χ4n) is 1.51. The van der Waals surface area contributed by atoms with E-state index < -0.39 is 0 Å². The van der Waals surface area contributed by atoms with Crippen molar-refractivity contribution in [1.82, 2.24) is 20.5 Å². The van der Waals surface area contributed by atoms with Crippen LogP contribution in [0.15, 0.2) is 30.9 Å². The lowest BCUT2D eigenvalue weighted by Gasteiger charge is -2.03. The minimum absolute atomic E-state index is 0.0192. The summed E-state index contributed by atoms with van der Waals surface area (Å²) in [6, 6.07) is 1.67. The summed E-state index contributed by atoms with van der Waals surface area (Å²) in [5.41, 5.74) is 1.99. The second-order valence-electron chi connectivity index (χ2n) is 4.03. The van der Waals surface area contributed by atoms with Gasteiger partial charge in [-0.05, 0) is 6.07 Å². The van der Waals surface area contributed by atoms with Gasteiger partial charge in [-0.15, -0.1) is 0 Å². The zero-order valence-electron chi connectivity index (χ0n) is 10.8. The molecule has 6 heteroatoms. The van der Waals surface area contributed by atoms with Crippen molar-refractivity contribution in [3.63, 3.8) is 0 Å². The van der Waals surface area contributed by atoms with Crippen molar-refractivity contribution in [1.29, 1.82) is 0 Å². The lowest BCUT2D eigenvalue weighted by Crippen LogP contribution is -2.22. The first kappa shape index (κ1) is 13.8. The summed E-state index contributed by atoms with van der Waals surface area (Å²) < 4.78 is 0. The molecule has 2 aromatic rings. The zero-order valence-corrected chi connectivity index (χ0v) is 10.8. The first-order valence-electron chi connectivity index (χ1n) is 6.10. The van der Waals surface area contributed by atoms with Crippen LogP contribution in [0.25, 0.3) is 0 Å². The van der Waals surface area contributed by atoms with E-state index in [-0.39, 0.29) is 12.5 Å². The highest BCUT2D eigenvalue weighted by atomic mass is 16.2. The normalized spacial score (nSPS) is 9.65. The van der Waals surface area contributed by atoms with Crippen molar-refractivity contribution in [2.45, 2.75) is 13.0 Å². The number of rotatable bonds is 4. The van der Waals surface area contributed by atoms with Gasteiger partial charge in [0.25, 0.3) is 5.91 Å². The third-order valence-corrected chi connectivity index (χ3v) is 2.48. The van der Waals surface area contributed by atoms with E-state index in [9.17, 15) is 4.79 Å². The van der Waals surface area contributed by atoms with Crippen LogP contribution >= 0.6 is 0 Å². The summed E-state index contributed by atoms with van der Waals surface area (Å²) in [5.74, 6) is 5.41. The molecule has 20 heavy (non-hydrogen) atoms. The van der Waals surface area contributed by atoms with Crippen LogP contribution in [-0.2, 0) is 6.54 Å². The van der Waals surface area contributed by atoms with Gasteiger partial charge in [0.1, 0.15) is 0 Å². The highest BCUT2D eigenvalue weighted by molar-refractivity contribution is 5.94. The van der Waals surface area contributed by atoms with E-state index in [0.29, 0.717) is 24.1 Å². The fraction of sp³-hybridized carbons (Fsp3) is 0.214. The Morgan fingerprint density at radius 1 is 1.40 bits per heavy atom. The molecule has 102 valence electrons. The summed E-state index contributed by atoms with van der Waals surface area (Å²) in [7, 11) is 0. The minimum atomic E-state index is -0.218. The number of aromatic amines is 1. The van der Waals surface area contributed by atoms with Gasteiger partial charge in [0.15, 0.2) is 0 Å². The van der Waals surface area contributed by atoms with Gasteiger partial charge in [0.2, 0.25) is 0 Å². The highest BCUT2D eigenvalue weighted by Gasteiger charge is 2.06. The molecule has 0 radical (unpaired) electrons. The third-order valence-electron chi connectivity index (χ3n) is 2.48. The summed E-state index contributed by atoms with van der Waals surface area (Å²) in [6.07, 6.45) is 6.83. The molecule has 0 aliphatic rings. The van der Waals surface area contributed by atoms with Gasteiger partial charge in [-0.1, -0.05) is 11.8 Å². The molecule has 2 aromatic heterocycles. The molecule has 0 fully saturated rings. The van der Waals surface area contributed by atoms with Crippen LogP contribution in [0.1, 0.15) is 27.9 Å². The van der Waals surface area contributed by atoms with E-state index in [1.807, 2.05) is 0 Å². The van der Waals surface area contributed by atoms with E-state index in [1.165, 1.54) is 6.20 Å². The number of nitrogens with one attached hydrogen (secondary N) is 2. The summed E-state index contributed by atoms with van der Waals surface area (Å²) in [5, 5.41) is 17.9. The number of carbonyl (C=O) groups is 1. The smallest absolute Gasteiger partial charge is 0.253 e. The second kappa shape index (κ2) is 7.07. The summed E-state index contributed by atoms with van der Waals surface area (Å²) in [4.78, 5) is 15.9. The minimum Gasteiger partial charge on any atom is -0.395 e. The number of aliphatic hydroxyl groups excluding tert-OH is 1. The van der Waals surface area contributed by atoms with Gasteiger partial charge in [-0.2, -0.15) is 5.10 Å². The molecule has 0 aromatic carbocycles. The number of hydrogen-bond donors (Lipinski definition) is 3. The number of hydrogen-bond acceptors (Lipinski definition) is 4. The van der Waals surface area contributed by atoms with Crippen molar-refractivity contribution in [3.05, 3.63) is 47.5 Å². The number of pyridine rings is 1. The molecule has 0 atom stereocenters. The average molecular weight is 270 g/mol. The van der Waals surface area contributed by atoms with Crippen LogP contribution in [0.5, 0.6) is 0 Å². The van der Waals surface area contributed by atoms with E-state index in [2.05, 4.69) is 32.3 Å². The largest absolute Gasteiger partial charge is 0.395 e. The highest BCUT2D eigenvalue weighted by Crippen LogP contribution is 2.02. The maximum absolute atomic E-state index is 12.0. The van der Waals surface area contributed by atoms with E-state index in [0.717, 1.165) is 5.56 Å². The molecule has 0 bridgehead atoms. The Bertz CT molecular complexity index is 626. The number of amides is 1. The Balaban J connectivity index is 1.99. The van der Waals surface area contributed by atoms with Gasteiger partial charge in [0, 0.05) is 42.7 Å². The summed E-state index contributed by atoms with van der Waals surface area (Å²) >= 11 is 0. The molecular weight excluding hydrogens is 256 g/mol. The molecule has 0 unspecified atom stereocenters. The molecule has 0 saturated heterocycles. The molecular formula is C14H14N4O2. The molecule has 0 aliphatic carbocycles. The van der Waals surface area contributed by atoms with E-state index >= 15 is 0 Å². The monoisotopic (exact) mass is 270 g/mol. The Kier molecular flexibility index (Phi) is 4.87. The molecule has 2 rings (SSSR count). The molecule has 6 nitrogen and oxygen atoms in total. The van der Waals surface area contributed by atoms with Crippen LogP contribution in [0.2, 0.25) is 0 Å². The van der Waals surface area contributed by atoms with Crippen molar-refractivity contribution in [3.8, 4) is 11.8 Å². The van der Waals surface area contributed by atoms with Crippen molar-refractivity contribution in [2.24, 2.45) is 0 Å². The number of carbonyl (C=O) groups excluding carboxylic acids is 1. The van der Waals surface area contributed by atoms with Crippen molar-refractivity contribution >= 4 is 5.91 Å². The molecule has 0 spiro atoms. The van der Waals surface area contributed by atoms with Gasteiger partial charge < -0.3 is 10.4 Å². The maximum Gasteiger partial charge on any atom is 0.253 e.